The second-order valence-electron chi connectivity index (χ2n) is 4.39. The van der Waals surface area contributed by atoms with E-state index in [1.54, 1.807) is 0 Å². The van der Waals surface area contributed by atoms with Gasteiger partial charge in [0.25, 0.3) is 11.5 Å². The van der Waals surface area contributed by atoms with Crippen molar-refractivity contribution in [3.05, 3.63) is 0 Å². The lowest BCUT2D eigenvalue weighted by Gasteiger charge is -2.32. The molecule has 0 atom stereocenters. The second kappa shape index (κ2) is 9.44. The van der Waals surface area contributed by atoms with Gasteiger partial charge < -0.3 is 4.90 Å². The highest BCUT2D eigenvalue weighted by atomic mass is 32.2. The van der Waals surface area contributed by atoms with Gasteiger partial charge in [0.1, 0.15) is 0 Å². The van der Waals surface area contributed by atoms with E-state index in [1.165, 1.54) is 0 Å². The third-order valence-corrected chi connectivity index (χ3v) is 5.61. The average Bonchev–Trinajstić information content (AvgIpc) is 2.39. The summed E-state index contributed by atoms with van der Waals surface area (Å²) >= 11 is -0.0679. The molecule has 0 fully saturated rings. The first-order valence-corrected chi connectivity index (χ1v) is 8.20. The molecule has 0 aliphatic rings. The van der Waals surface area contributed by atoms with Crippen LogP contribution in [0.25, 0.3) is 0 Å². The Morgan fingerprint density at radius 3 is 1.42 bits per heavy atom. The lowest BCUT2D eigenvalue weighted by molar-refractivity contribution is 0.402. The Hall–Kier alpha value is -0.460. The quantitative estimate of drug-likeness (QED) is 0.403. The van der Waals surface area contributed by atoms with E-state index >= 15 is 0 Å². The van der Waals surface area contributed by atoms with Gasteiger partial charge in [0.15, 0.2) is 0 Å². The molecule has 0 amide bonds. The fraction of sp³-hybridized carbons (Fsp3) is 0.923. The SMILES string of the molecule is CCN(CC)[S+](N(CC)CC)N(C)C(=NC)N(C)C. The largest absolute Gasteiger partial charge is 0.346 e. The average molecular weight is 291 g/mol. The van der Waals surface area contributed by atoms with Gasteiger partial charge in [-0.1, -0.05) is 8.61 Å². The summed E-state index contributed by atoms with van der Waals surface area (Å²) in [5.74, 6) is 1.02. The van der Waals surface area contributed by atoms with Gasteiger partial charge in [0, 0.05) is 47.3 Å². The van der Waals surface area contributed by atoms with E-state index in [-0.39, 0.29) is 11.5 Å². The molecule has 0 spiro atoms. The minimum absolute atomic E-state index is 0.0679. The molecule has 0 saturated carbocycles. The van der Waals surface area contributed by atoms with Crippen LogP contribution in [0.1, 0.15) is 27.7 Å². The Morgan fingerprint density at radius 1 is 0.842 bits per heavy atom. The van der Waals surface area contributed by atoms with E-state index in [0.717, 1.165) is 32.1 Å². The molecule has 0 heterocycles. The monoisotopic (exact) mass is 290 g/mol. The van der Waals surface area contributed by atoms with Crippen LogP contribution < -0.4 is 0 Å². The van der Waals surface area contributed by atoms with E-state index in [0.29, 0.717) is 0 Å². The zero-order valence-electron chi connectivity index (χ0n) is 14.0. The van der Waals surface area contributed by atoms with Crippen molar-refractivity contribution in [3.63, 3.8) is 0 Å². The van der Waals surface area contributed by atoms with E-state index in [9.17, 15) is 0 Å². The molecule has 0 aliphatic heterocycles. The second-order valence-corrected chi connectivity index (χ2v) is 6.46. The molecule has 0 radical (unpaired) electrons. The number of guanidine groups is 1. The molecule has 0 aromatic rings. The fourth-order valence-electron chi connectivity index (χ4n) is 2.11. The fourth-order valence-corrected chi connectivity index (χ4v) is 4.45. The van der Waals surface area contributed by atoms with Gasteiger partial charge in [-0.2, -0.15) is 0 Å². The zero-order chi connectivity index (χ0) is 15.0. The maximum Gasteiger partial charge on any atom is 0.298 e. The summed E-state index contributed by atoms with van der Waals surface area (Å²) in [6, 6.07) is 0. The molecule has 0 aliphatic carbocycles. The highest BCUT2D eigenvalue weighted by Gasteiger charge is 2.41. The van der Waals surface area contributed by atoms with E-state index in [1.807, 2.05) is 21.1 Å². The molecule has 0 aromatic carbocycles. The summed E-state index contributed by atoms with van der Waals surface area (Å²) < 4.78 is 7.27. The molecule has 19 heavy (non-hydrogen) atoms. The highest BCUT2D eigenvalue weighted by molar-refractivity contribution is 7.90. The molecule has 6 heteroatoms. The maximum atomic E-state index is 4.43. The molecular weight excluding hydrogens is 258 g/mol. The summed E-state index contributed by atoms with van der Waals surface area (Å²) in [5.41, 5.74) is 0. The van der Waals surface area contributed by atoms with Gasteiger partial charge in [-0.3, -0.25) is 4.99 Å². The van der Waals surface area contributed by atoms with Gasteiger partial charge >= 0.3 is 0 Å². The van der Waals surface area contributed by atoms with Gasteiger partial charge in [-0.15, -0.1) is 4.31 Å². The van der Waals surface area contributed by atoms with Crippen molar-refractivity contribution in [2.45, 2.75) is 27.7 Å². The summed E-state index contributed by atoms with van der Waals surface area (Å²) in [6.45, 7) is 13.1. The number of nitrogens with zero attached hydrogens (tertiary/aromatic N) is 5. The topological polar surface area (TPSA) is 25.3 Å². The van der Waals surface area contributed by atoms with Crippen molar-refractivity contribution >= 4 is 17.4 Å². The molecule has 5 nitrogen and oxygen atoms in total. The molecule has 114 valence electrons. The van der Waals surface area contributed by atoms with Gasteiger partial charge in [-0.05, 0) is 27.7 Å². The van der Waals surface area contributed by atoms with Crippen molar-refractivity contribution in [1.29, 1.82) is 0 Å². The molecule has 0 rings (SSSR count). The summed E-state index contributed by atoms with van der Waals surface area (Å²) in [6.07, 6.45) is 0. The molecule has 0 N–H and O–H groups in total. The molecule has 0 aromatic heterocycles. The van der Waals surface area contributed by atoms with Gasteiger partial charge in [0.2, 0.25) is 5.96 Å². The van der Waals surface area contributed by atoms with Crippen LogP contribution in [0.5, 0.6) is 0 Å². The maximum absolute atomic E-state index is 4.43. The van der Waals surface area contributed by atoms with Crippen LogP contribution in [0.3, 0.4) is 0 Å². The zero-order valence-corrected chi connectivity index (χ0v) is 14.8. The van der Waals surface area contributed by atoms with E-state index in [2.05, 4.69) is 57.6 Å². The Balaban J connectivity index is 5.32. The first-order valence-electron chi connectivity index (χ1n) is 7.10. The normalized spacial score (nSPS) is 12.7. The van der Waals surface area contributed by atoms with Crippen LogP contribution in [0.4, 0.5) is 0 Å². The number of hydrogen-bond acceptors (Lipinski definition) is 3. The number of aliphatic imine (C=N–C) groups is 1. The lowest BCUT2D eigenvalue weighted by Crippen LogP contribution is -2.56. The van der Waals surface area contributed by atoms with Crippen molar-refractivity contribution < 1.29 is 0 Å². The van der Waals surface area contributed by atoms with Crippen molar-refractivity contribution in [3.8, 4) is 0 Å². The van der Waals surface area contributed by atoms with Crippen LogP contribution >= 0.6 is 0 Å². The minimum Gasteiger partial charge on any atom is -0.346 e. The van der Waals surface area contributed by atoms with Crippen LogP contribution in [-0.4, -0.2) is 78.1 Å². The van der Waals surface area contributed by atoms with Crippen LogP contribution in [0.15, 0.2) is 4.99 Å². The smallest absolute Gasteiger partial charge is 0.298 e. The van der Waals surface area contributed by atoms with Crippen LogP contribution in [0.2, 0.25) is 0 Å². The Bertz CT molecular complexity index is 250. The lowest BCUT2D eigenvalue weighted by atomic mass is 10.7. The van der Waals surface area contributed by atoms with Crippen LogP contribution in [-0.2, 0) is 11.5 Å². The molecular formula is C13H32N5S+. The number of rotatable bonds is 7. The standard InChI is InChI=1S/C13H32N5S/c1-9-17(10-2)19(18(11-3)12-4)16(8)13(14-5)15(6)7/h9-12H2,1-8H3/q+1. The van der Waals surface area contributed by atoms with Gasteiger partial charge in [0.05, 0.1) is 7.05 Å². The molecule has 0 unspecified atom stereocenters. The predicted octanol–water partition coefficient (Wildman–Crippen LogP) is 1.51. The third kappa shape index (κ3) is 4.85. The Kier molecular flexibility index (Phi) is 9.22. The number of hydrogen-bond donors (Lipinski definition) is 0. The molecule has 0 bridgehead atoms. The Labute approximate surface area is 123 Å². The first kappa shape index (κ1) is 18.5. The van der Waals surface area contributed by atoms with Crippen molar-refractivity contribution in [1.82, 2.24) is 17.8 Å². The van der Waals surface area contributed by atoms with Gasteiger partial charge in [-0.25, -0.2) is 0 Å². The van der Waals surface area contributed by atoms with E-state index in [4.69, 9.17) is 0 Å². The highest BCUT2D eigenvalue weighted by Crippen LogP contribution is 2.16. The van der Waals surface area contributed by atoms with Crippen molar-refractivity contribution in [2.75, 3.05) is 54.4 Å². The summed E-state index contributed by atoms with van der Waals surface area (Å²) in [4.78, 5) is 6.51. The Morgan fingerprint density at radius 2 is 1.21 bits per heavy atom. The summed E-state index contributed by atoms with van der Waals surface area (Å²) in [7, 11) is 8.09. The minimum atomic E-state index is -0.0679. The third-order valence-electron chi connectivity index (χ3n) is 3.00. The van der Waals surface area contributed by atoms with Crippen LogP contribution in [0, 0.1) is 0 Å². The molecule has 0 saturated heterocycles. The van der Waals surface area contributed by atoms with E-state index < -0.39 is 0 Å². The first-order chi connectivity index (χ1) is 8.98. The summed E-state index contributed by atoms with van der Waals surface area (Å²) in [5, 5.41) is 0. The predicted molar refractivity (Wildman–Crippen MR) is 88.0 cm³/mol. The van der Waals surface area contributed by atoms with Crippen molar-refractivity contribution in [2.24, 2.45) is 4.99 Å².